The molecule has 100 valence electrons. The molecule has 0 spiro atoms. The molecule has 0 amide bonds. The molecule has 1 saturated carbocycles. The Morgan fingerprint density at radius 2 is 2.39 bits per heavy atom. The van der Waals surface area contributed by atoms with Crippen LogP contribution in [-0.4, -0.2) is 16.6 Å². The van der Waals surface area contributed by atoms with Crippen molar-refractivity contribution >= 4 is 28.4 Å². The zero-order valence-corrected chi connectivity index (χ0v) is 13.1. The predicted molar refractivity (Wildman–Crippen MR) is 80.1 cm³/mol. The third-order valence-corrected chi connectivity index (χ3v) is 4.39. The van der Waals surface area contributed by atoms with E-state index in [4.69, 9.17) is 10.5 Å². The summed E-state index contributed by atoms with van der Waals surface area (Å²) in [4.78, 5) is 8.92. The van der Waals surface area contributed by atoms with Gasteiger partial charge in [-0.3, -0.25) is 0 Å². The lowest BCUT2D eigenvalue weighted by Crippen LogP contribution is -2.37. The molecule has 2 unspecified atom stereocenters. The van der Waals surface area contributed by atoms with Crippen LogP contribution >= 0.6 is 22.6 Å². The van der Waals surface area contributed by atoms with E-state index in [0.717, 1.165) is 28.7 Å². The van der Waals surface area contributed by atoms with Gasteiger partial charge < -0.3 is 10.5 Å². The minimum Gasteiger partial charge on any atom is -0.383 e. The fraction of sp³-hybridized carbons (Fsp3) is 0.692. The average molecular weight is 361 g/mol. The number of hydrogen-bond acceptors (Lipinski definition) is 4. The molecule has 2 rings (SSSR count). The van der Waals surface area contributed by atoms with E-state index in [2.05, 4.69) is 39.5 Å². The van der Waals surface area contributed by atoms with Crippen molar-refractivity contribution in [2.75, 3.05) is 12.3 Å². The molecule has 4 nitrogen and oxygen atoms in total. The van der Waals surface area contributed by atoms with E-state index in [1.807, 2.05) is 6.92 Å². The fourth-order valence-electron chi connectivity index (χ4n) is 2.78. The van der Waals surface area contributed by atoms with Crippen LogP contribution in [-0.2, 0) is 10.3 Å². The monoisotopic (exact) mass is 361 g/mol. The number of hydrogen-bond donors (Lipinski definition) is 1. The van der Waals surface area contributed by atoms with Gasteiger partial charge >= 0.3 is 0 Å². The zero-order chi connectivity index (χ0) is 13.2. The molecule has 18 heavy (non-hydrogen) atoms. The summed E-state index contributed by atoms with van der Waals surface area (Å²) in [5.74, 6) is 1.96. The van der Waals surface area contributed by atoms with Gasteiger partial charge in [0.05, 0.1) is 3.57 Å². The minimum absolute atomic E-state index is 0.328. The maximum Gasteiger partial charge on any atom is 0.162 e. The van der Waals surface area contributed by atoms with Gasteiger partial charge in [-0.15, -0.1) is 0 Å². The Hall–Kier alpha value is -0.430. The van der Waals surface area contributed by atoms with E-state index in [0.29, 0.717) is 18.3 Å². The van der Waals surface area contributed by atoms with Crippen molar-refractivity contribution in [1.29, 1.82) is 0 Å². The number of rotatable bonds is 3. The summed E-state index contributed by atoms with van der Waals surface area (Å²) in [5.41, 5.74) is 5.57. The molecule has 1 aromatic heterocycles. The summed E-state index contributed by atoms with van der Waals surface area (Å²) in [6.45, 7) is 4.97. The summed E-state index contributed by atoms with van der Waals surface area (Å²) >= 11 is 2.15. The highest BCUT2D eigenvalue weighted by Gasteiger charge is 2.40. The molecule has 0 bridgehead atoms. The molecule has 0 saturated heterocycles. The molecule has 2 N–H and O–H groups in total. The van der Waals surface area contributed by atoms with E-state index < -0.39 is 0 Å². The molecule has 1 fully saturated rings. The number of aromatic nitrogens is 2. The van der Waals surface area contributed by atoms with Gasteiger partial charge in [-0.05, 0) is 54.7 Å². The lowest BCUT2D eigenvalue weighted by atomic mass is 9.78. The second kappa shape index (κ2) is 5.69. The van der Waals surface area contributed by atoms with Crippen molar-refractivity contribution in [2.24, 2.45) is 5.92 Å². The molecule has 2 atom stereocenters. The quantitative estimate of drug-likeness (QED) is 0.841. The SMILES string of the molecule is CCOC1(c2ncc(I)c(N)n2)CCCC(C)C1. The van der Waals surface area contributed by atoms with Crippen LogP contribution in [0.1, 0.15) is 45.4 Å². The normalized spacial score (nSPS) is 28.3. The first-order valence-electron chi connectivity index (χ1n) is 6.50. The van der Waals surface area contributed by atoms with E-state index in [1.54, 1.807) is 6.20 Å². The van der Waals surface area contributed by atoms with E-state index in [-0.39, 0.29) is 5.60 Å². The first-order chi connectivity index (χ1) is 8.57. The van der Waals surface area contributed by atoms with Gasteiger partial charge in [0.25, 0.3) is 0 Å². The number of anilines is 1. The topological polar surface area (TPSA) is 61.0 Å². The minimum atomic E-state index is -0.328. The molecule has 0 radical (unpaired) electrons. The number of nitrogens with two attached hydrogens (primary N) is 1. The highest BCUT2D eigenvalue weighted by molar-refractivity contribution is 14.1. The molecule has 1 aliphatic carbocycles. The fourth-order valence-corrected chi connectivity index (χ4v) is 3.04. The molecular weight excluding hydrogens is 341 g/mol. The van der Waals surface area contributed by atoms with E-state index >= 15 is 0 Å². The Morgan fingerprint density at radius 3 is 3.00 bits per heavy atom. The first-order valence-corrected chi connectivity index (χ1v) is 7.57. The highest BCUT2D eigenvalue weighted by Crippen LogP contribution is 2.41. The number of nitrogens with zero attached hydrogens (tertiary/aromatic N) is 2. The summed E-state index contributed by atoms with van der Waals surface area (Å²) in [6.07, 6.45) is 6.19. The molecule has 1 aliphatic rings. The predicted octanol–water partition coefficient (Wildman–Crippen LogP) is 3.11. The van der Waals surface area contributed by atoms with Crippen LogP contribution in [0.25, 0.3) is 0 Å². The van der Waals surface area contributed by atoms with Gasteiger partial charge in [0.1, 0.15) is 11.4 Å². The molecule has 5 heteroatoms. The smallest absolute Gasteiger partial charge is 0.162 e. The van der Waals surface area contributed by atoms with Crippen molar-refractivity contribution in [3.63, 3.8) is 0 Å². The van der Waals surface area contributed by atoms with Gasteiger partial charge in [0, 0.05) is 12.8 Å². The number of ether oxygens (including phenoxy) is 1. The lowest BCUT2D eigenvalue weighted by molar-refractivity contribution is -0.0880. The van der Waals surface area contributed by atoms with Crippen LogP contribution in [0.4, 0.5) is 5.82 Å². The second-order valence-electron chi connectivity index (χ2n) is 5.06. The van der Waals surface area contributed by atoms with Crippen LogP contribution < -0.4 is 5.73 Å². The first kappa shape index (κ1) is 14.0. The molecular formula is C13H20IN3O. The van der Waals surface area contributed by atoms with Crippen LogP contribution in [0.15, 0.2) is 6.20 Å². The Balaban J connectivity index is 2.36. The molecule has 1 aromatic rings. The third kappa shape index (κ3) is 2.77. The van der Waals surface area contributed by atoms with Gasteiger partial charge in [0.2, 0.25) is 0 Å². The van der Waals surface area contributed by atoms with Crippen molar-refractivity contribution < 1.29 is 4.74 Å². The van der Waals surface area contributed by atoms with Crippen molar-refractivity contribution in [2.45, 2.75) is 45.1 Å². The van der Waals surface area contributed by atoms with Gasteiger partial charge in [-0.1, -0.05) is 13.3 Å². The summed E-state index contributed by atoms with van der Waals surface area (Å²) in [6, 6.07) is 0. The van der Waals surface area contributed by atoms with Crippen molar-refractivity contribution in [3.8, 4) is 0 Å². The second-order valence-corrected chi connectivity index (χ2v) is 6.22. The van der Waals surface area contributed by atoms with Gasteiger partial charge in [0.15, 0.2) is 5.82 Å². The largest absolute Gasteiger partial charge is 0.383 e. The zero-order valence-electron chi connectivity index (χ0n) is 10.9. The maximum atomic E-state index is 6.04. The van der Waals surface area contributed by atoms with Crippen LogP contribution in [0.2, 0.25) is 0 Å². The molecule has 0 aromatic carbocycles. The van der Waals surface area contributed by atoms with E-state index in [9.17, 15) is 0 Å². The van der Waals surface area contributed by atoms with Crippen LogP contribution in [0.3, 0.4) is 0 Å². The van der Waals surface area contributed by atoms with Gasteiger partial charge in [-0.2, -0.15) is 0 Å². The van der Waals surface area contributed by atoms with E-state index in [1.165, 1.54) is 6.42 Å². The molecule has 1 heterocycles. The van der Waals surface area contributed by atoms with Crippen molar-refractivity contribution in [3.05, 3.63) is 15.6 Å². The van der Waals surface area contributed by atoms with Gasteiger partial charge in [-0.25, -0.2) is 9.97 Å². The molecule has 0 aliphatic heterocycles. The Kier molecular flexibility index (Phi) is 4.42. The summed E-state index contributed by atoms with van der Waals surface area (Å²) < 4.78 is 6.93. The Morgan fingerprint density at radius 1 is 1.61 bits per heavy atom. The number of nitrogen functional groups attached to an aromatic ring is 1. The summed E-state index contributed by atoms with van der Waals surface area (Å²) in [5, 5.41) is 0. The van der Waals surface area contributed by atoms with Crippen LogP contribution in [0.5, 0.6) is 0 Å². The lowest BCUT2D eigenvalue weighted by Gasteiger charge is -2.38. The van der Waals surface area contributed by atoms with Crippen LogP contribution in [0, 0.1) is 9.49 Å². The highest BCUT2D eigenvalue weighted by atomic mass is 127. The number of halogens is 1. The Bertz CT molecular complexity index is 423. The maximum absolute atomic E-state index is 6.04. The Labute approximate surface area is 122 Å². The van der Waals surface area contributed by atoms with Crippen molar-refractivity contribution in [1.82, 2.24) is 9.97 Å². The average Bonchev–Trinajstić information content (AvgIpc) is 2.33. The third-order valence-electron chi connectivity index (χ3n) is 3.56. The standard InChI is InChI=1S/C13H20IN3O/c1-3-18-13(6-4-5-9(2)7-13)12-16-8-10(14)11(15)17-12/h8-9H,3-7H2,1-2H3,(H2,15,16,17). The summed E-state index contributed by atoms with van der Waals surface area (Å²) in [7, 11) is 0.